The van der Waals surface area contributed by atoms with Gasteiger partial charge in [0.15, 0.2) is 0 Å². The molecule has 2 aliphatic rings. The van der Waals surface area contributed by atoms with Gasteiger partial charge in [0.05, 0.1) is 5.56 Å². The van der Waals surface area contributed by atoms with Gasteiger partial charge in [-0.2, -0.15) is 0 Å². The van der Waals surface area contributed by atoms with Crippen LogP contribution in [0.1, 0.15) is 60.5 Å². The van der Waals surface area contributed by atoms with E-state index in [2.05, 4.69) is 13.0 Å². The Morgan fingerprint density at radius 3 is 2.70 bits per heavy atom. The zero-order chi connectivity index (χ0) is 19.0. The second-order valence-corrected chi connectivity index (χ2v) is 8.26. The summed E-state index contributed by atoms with van der Waals surface area (Å²) in [6.45, 7) is 2.28. The molecule has 3 atom stereocenters. The lowest BCUT2D eigenvalue weighted by molar-refractivity contribution is 0.0734. The van der Waals surface area contributed by atoms with E-state index in [0.29, 0.717) is 17.2 Å². The van der Waals surface area contributed by atoms with Crippen LogP contribution in [0.15, 0.2) is 42.5 Å². The molecule has 0 radical (unpaired) electrons. The molecule has 0 heterocycles. The van der Waals surface area contributed by atoms with E-state index in [1.807, 2.05) is 12.1 Å². The molecule has 142 valence electrons. The number of hydrogen-bond donors (Lipinski definition) is 2. The molecule has 0 unspecified atom stereocenters. The first-order valence-electron chi connectivity index (χ1n) is 9.87. The summed E-state index contributed by atoms with van der Waals surface area (Å²) in [4.78, 5) is 12.4. The highest BCUT2D eigenvalue weighted by molar-refractivity contribution is 5.91. The number of ether oxygens (including phenoxy) is 1. The quantitative estimate of drug-likeness (QED) is 0.614. The van der Waals surface area contributed by atoms with Crippen molar-refractivity contribution in [2.45, 2.75) is 56.9 Å². The lowest BCUT2D eigenvalue weighted by Crippen LogP contribution is -2.52. The predicted octanol–water partition coefficient (Wildman–Crippen LogP) is 4.33. The van der Waals surface area contributed by atoms with Crippen molar-refractivity contribution in [1.29, 1.82) is 0 Å². The molecule has 0 saturated heterocycles. The van der Waals surface area contributed by atoms with Gasteiger partial charge in [-0.1, -0.05) is 32.3 Å². The summed E-state index contributed by atoms with van der Waals surface area (Å²) in [5.41, 5.74) is 9.66. The molecule has 4 nitrogen and oxygen atoms in total. The molecule has 1 saturated carbocycles. The van der Waals surface area contributed by atoms with Crippen molar-refractivity contribution in [2.24, 2.45) is 11.7 Å². The highest BCUT2D eigenvalue weighted by atomic mass is 16.5. The molecule has 0 aliphatic heterocycles. The van der Waals surface area contributed by atoms with Gasteiger partial charge in [-0.05, 0) is 72.7 Å². The predicted molar refractivity (Wildman–Crippen MR) is 105 cm³/mol. The van der Waals surface area contributed by atoms with Crippen LogP contribution in [-0.4, -0.2) is 17.1 Å². The number of esters is 1. The fourth-order valence-corrected chi connectivity index (χ4v) is 4.86. The maximum absolute atomic E-state index is 12.4. The molecule has 2 aliphatic carbocycles. The smallest absolute Gasteiger partial charge is 0.343 e. The number of aromatic hydroxyl groups is 1. The monoisotopic (exact) mass is 365 g/mol. The Balaban J connectivity index is 1.64. The van der Waals surface area contributed by atoms with Crippen LogP contribution in [0, 0.1) is 5.92 Å². The minimum Gasteiger partial charge on any atom is -0.508 e. The van der Waals surface area contributed by atoms with Crippen molar-refractivity contribution < 1.29 is 14.6 Å². The second kappa shape index (κ2) is 7.01. The van der Waals surface area contributed by atoms with Crippen LogP contribution in [0.4, 0.5) is 0 Å². The fourth-order valence-electron chi connectivity index (χ4n) is 4.86. The molecule has 0 aromatic heterocycles. The molecule has 3 N–H and O–H groups in total. The Labute approximate surface area is 160 Å². The third-order valence-electron chi connectivity index (χ3n) is 6.51. The number of benzene rings is 2. The molecule has 2 aromatic rings. The minimum atomic E-state index is -0.421. The van der Waals surface area contributed by atoms with Crippen molar-refractivity contribution in [1.82, 2.24) is 0 Å². The summed E-state index contributed by atoms with van der Waals surface area (Å²) >= 11 is 0. The molecule has 4 rings (SSSR count). The highest BCUT2D eigenvalue weighted by Gasteiger charge is 2.43. The van der Waals surface area contributed by atoms with Crippen molar-refractivity contribution in [3.05, 3.63) is 59.2 Å². The summed E-state index contributed by atoms with van der Waals surface area (Å²) < 4.78 is 5.62. The topological polar surface area (TPSA) is 72.5 Å². The lowest BCUT2D eigenvalue weighted by atomic mass is 9.60. The summed E-state index contributed by atoms with van der Waals surface area (Å²) in [5, 5.41) is 9.38. The zero-order valence-electron chi connectivity index (χ0n) is 15.8. The van der Waals surface area contributed by atoms with Crippen molar-refractivity contribution >= 4 is 5.97 Å². The Morgan fingerprint density at radius 2 is 1.93 bits per heavy atom. The van der Waals surface area contributed by atoms with Gasteiger partial charge < -0.3 is 15.6 Å². The van der Waals surface area contributed by atoms with Gasteiger partial charge in [-0.3, -0.25) is 0 Å². The van der Waals surface area contributed by atoms with Gasteiger partial charge in [-0.15, -0.1) is 0 Å². The summed E-state index contributed by atoms with van der Waals surface area (Å²) in [5.74, 6) is 0.797. The van der Waals surface area contributed by atoms with Crippen LogP contribution in [0.3, 0.4) is 0 Å². The van der Waals surface area contributed by atoms with Crippen molar-refractivity contribution in [2.75, 3.05) is 0 Å². The van der Waals surface area contributed by atoms with E-state index in [1.54, 1.807) is 12.1 Å². The number of carbonyl (C=O) groups is 1. The first-order valence-corrected chi connectivity index (χ1v) is 9.87. The number of phenolic OH excluding ortho intramolecular Hbond substituents is 1. The molecule has 0 spiro atoms. The number of hydrogen-bond acceptors (Lipinski definition) is 4. The minimum absolute atomic E-state index is 0.0698. The standard InChI is InChI=1S/C23H27NO3/c1-23-12-4-2-3-5-17(21(23)24)13-16-8-11-19(14-20(16)23)27-22(26)15-6-9-18(25)10-7-15/h6-11,14,17,21,25H,2-5,12-13,24H2,1H3/t17-,21-,23+/m0/s1. The molecule has 1 fully saturated rings. The SMILES string of the molecule is C[C@@]12CCCCC[C@@H](Cc3ccc(OC(=O)c4ccc(O)cc4)cc31)[C@@H]2N. The molecule has 4 heteroatoms. The van der Waals surface area contributed by atoms with E-state index >= 15 is 0 Å². The second-order valence-electron chi connectivity index (χ2n) is 8.26. The molecule has 0 amide bonds. The third-order valence-corrected chi connectivity index (χ3v) is 6.51. The number of rotatable bonds is 2. The Hall–Kier alpha value is -2.33. The van der Waals surface area contributed by atoms with Gasteiger partial charge >= 0.3 is 5.97 Å². The first-order chi connectivity index (χ1) is 13.0. The van der Waals surface area contributed by atoms with E-state index in [-0.39, 0.29) is 17.2 Å². The van der Waals surface area contributed by atoms with Gasteiger partial charge in [0.2, 0.25) is 0 Å². The van der Waals surface area contributed by atoms with Crippen LogP contribution in [0.2, 0.25) is 0 Å². The molecule has 27 heavy (non-hydrogen) atoms. The average molecular weight is 365 g/mol. The summed E-state index contributed by atoms with van der Waals surface area (Å²) in [6.07, 6.45) is 7.02. The van der Waals surface area contributed by atoms with Gasteiger partial charge in [0.1, 0.15) is 11.5 Å². The van der Waals surface area contributed by atoms with Crippen molar-refractivity contribution in [3.63, 3.8) is 0 Å². The third kappa shape index (κ3) is 3.34. The highest BCUT2D eigenvalue weighted by Crippen LogP contribution is 2.46. The van der Waals surface area contributed by atoms with Crippen LogP contribution in [-0.2, 0) is 11.8 Å². The molecule has 2 aromatic carbocycles. The first kappa shape index (κ1) is 18.1. The van der Waals surface area contributed by atoms with Crippen molar-refractivity contribution in [3.8, 4) is 11.5 Å². The Bertz CT molecular complexity index is 845. The molecular weight excluding hydrogens is 338 g/mol. The molecule has 2 bridgehead atoms. The van der Waals surface area contributed by atoms with Gasteiger partial charge in [-0.25, -0.2) is 4.79 Å². The Morgan fingerprint density at radius 1 is 1.15 bits per heavy atom. The number of phenols is 1. The maximum Gasteiger partial charge on any atom is 0.343 e. The van der Waals surface area contributed by atoms with Crippen LogP contribution < -0.4 is 10.5 Å². The number of carbonyl (C=O) groups excluding carboxylic acids is 1. The maximum atomic E-state index is 12.4. The van der Waals surface area contributed by atoms with E-state index in [0.717, 1.165) is 12.8 Å². The molecular formula is C23H27NO3. The van der Waals surface area contributed by atoms with E-state index in [1.165, 1.54) is 48.9 Å². The van der Waals surface area contributed by atoms with Gasteiger partial charge in [0.25, 0.3) is 0 Å². The van der Waals surface area contributed by atoms with Crippen LogP contribution in [0.25, 0.3) is 0 Å². The van der Waals surface area contributed by atoms with E-state index in [4.69, 9.17) is 10.5 Å². The van der Waals surface area contributed by atoms with E-state index in [9.17, 15) is 9.90 Å². The van der Waals surface area contributed by atoms with Crippen LogP contribution >= 0.6 is 0 Å². The summed E-state index contributed by atoms with van der Waals surface area (Å²) in [7, 11) is 0. The van der Waals surface area contributed by atoms with Gasteiger partial charge in [0, 0.05) is 11.5 Å². The zero-order valence-corrected chi connectivity index (χ0v) is 15.8. The number of fused-ring (bicyclic) bond motifs is 4. The number of nitrogens with two attached hydrogens (primary N) is 1. The van der Waals surface area contributed by atoms with E-state index < -0.39 is 5.97 Å². The summed E-state index contributed by atoms with van der Waals surface area (Å²) in [6, 6.07) is 12.2. The Kier molecular flexibility index (Phi) is 4.68. The average Bonchev–Trinajstić information content (AvgIpc) is 2.66. The van der Waals surface area contributed by atoms with Crippen LogP contribution in [0.5, 0.6) is 11.5 Å². The lowest BCUT2D eigenvalue weighted by Gasteiger charge is -2.47. The largest absolute Gasteiger partial charge is 0.508 e. The normalized spacial score (nSPS) is 27.2. The fraction of sp³-hybridized carbons (Fsp3) is 0.435.